The van der Waals surface area contributed by atoms with Crippen LogP contribution in [-0.2, 0) is 17.5 Å². The molecule has 1 fully saturated rings. The molecular formula is C21H22F3N3O2. The lowest BCUT2D eigenvalue weighted by molar-refractivity contribution is -0.137. The van der Waals surface area contributed by atoms with Crippen LogP contribution in [0.15, 0.2) is 48.5 Å². The van der Waals surface area contributed by atoms with Gasteiger partial charge in [-0.05, 0) is 49.2 Å². The number of carbonyl (C=O) groups excluding carboxylic acids is 2. The summed E-state index contributed by atoms with van der Waals surface area (Å²) in [6.45, 7) is 1.85. The molecule has 8 heteroatoms. The third kappa shape index (κ3) is 5.35. The zero-order valence-electron chi connectivity index (χ0n) is 15.7. The lowest BCUT2D eigenvalue weighted by Gasteiger charge is -2.31. The average Bonchev–Trinajstić information content (AvgIpc) is 2.69. The molecule has 3 rings (SSSR count). The van der Waals surface area contributed by atoms with Crippen molar-refractivity contribution in [3.8, 4) is 0 Å². The summed E-state index contributed by atoms with van der Waals surface area (Å²) < 4.78 is 38.7. The van der Waals surface area contributed by atoms with E-state index in [1.807, 2.05) is 12.1 Å². The number of hydrogen-bond acceptors (Lipinski definition) is 3. The molecule has 0 aromatic heterocycles. The van der Waals surface area contributed by atoms with Gasteiger partial charge in [-0.25, -0.2) is 0 Å². The van der Waals surface area contributed by atoms with Crippen molar-refractivity contribution in [1.82, 2.24) is 4.90 Å². The molecular weight excluding hydrogens is 383 g/mol. The molecule has 29 heavy (non-hydrogen) atoms. The van der Waals surface area contributed by atoms with Crippen LogP contribution in [0.25, 0.3) is 0 Å². The lowest BCUT2D eigenvalue weighted by atomic mass is 9.97. The second kappa shape index (κ2) is 8.65. The number of carbonyl (C=O) groups is 2. The maximum Gasteiger partial charge on any atom is 0.416 e. The van der Waals surface area contributed by atoms with Crippen molar-refractivity contribution in [3.05, 3.63) is 65.2 Å². The minimum atomic E-state index is -4.51. The van der Waals surface area contributed by atoms with Gasteiger partial charge in [-0.3, -0.25) is 14.5 Å². The van der Waals surface area contributed by atoms with Gasteiger partial charge in [0, 0.05) is 24.3 Å². The highest BCUT2D eigenvalue weighted by Crippen LogP contribution is 2.30. The summed E-state index contributed by atoms with van der Waals surface area (Å²) >= 11 is 0. The Morgan fingerprint density at radius 1 is 1.14 bits per heavy atom. The standard InChI is InChI=1S/C21H22F3N3O2/c22-21(23,24)17-8-3-6-14(11-17)20(29)26-18-9-2-1-5-15(18)12-27-10-4-7-16(13-27)19(25)28/h1-3,5-6,8-9,11,16H,4,7,10,12-13H2,(H2,25,28)(H,26,29). The number of rotatable bonds is 5. The normalized spacial score (nSPS) is 17.7. The molecule has 1 aliphatic rings. The van der Waals surface area contributed by atoms with E-state index in [0.29, 0.717) is 18.8 Å². The zero-order valence-corrected chi connectivity index (χ0v) is 15.7. The van der Waals surface area contributed by atoms with Gasteiger partial charge in [-0.2, -0.15) is 13.2 Å². The largest absolute Gasteiger partial charge is 0.416 e. The highest BCUT2D eigenvalue weighted by molar-refractivity contribution is 6.04. The molecule has 0 radical (unpaired) electrons. The summed E-state index contributed by atoms with van der Waals surface area (Å²) in [4.78, 5) is 26.1. The molecule has 1 saturated heterocycles. The van der Waals surface area contributed by atoms with Crippen LogP contribution in [0.2, 0.25) is 0 Å². The molecule has 1 atom stereocenters. The van der Waals surface area contributed by atoms with Gasteiger partial charge in [0.15, 0.2) is 0 Å². The van der Waals surface area contributed by atoms with Crippen LogP contribution in [0, 0.1) is 5.92 Å². The number of alkyl halides is 3. The number of likely N-dealkylation sites (tertiary alicyclic amines) is 1. The summed E-state index contributed by atoms with van der Waals surface area (Å²) in [5.74, 6) is -1.13. The number of nitrogens with zero attached hydrogens (tertiary/aromatic N) is 1. The van der Waals surface area contributed by atoms with Gasteiger partial charge in [0.2, 0.25) is 5.91 Å². The van der Waals surface area contributed by atoms with Crippen molar-refractivity contribution in [2.75, 3.05) is 18.4 Å². The number of nitrogens with one attached hydrogen (secondary N) is 1. The predicted octanol–water partition coefficient (Wildman–Crippen LogP) is 3.66. The number of nitrogens with two attached hydrogens (primary N) is 1. The summed E-state index contributed by atoms with van der Waals surface area (Å²) in [6.07, 6.45) is -2.90. The maximum absolute atomic E-state index is 12.9. The Bertz CT molecular complexity index is 899. The van der Waals surface area contributed by atoms with Crippen LogP contribution in [0.4, 0.5) is 18.9 Å². The highest BCUT2D eigenvalue weighted by Gasteiger charge is 2.31. The van der Waals surface area contributed by atoms with Gasteiger partial charge in [-0.1, -0.05) is 24.3 Å². The second-order valence-corrected chi connectivity index (χ2v) is 7.17. The average molecular weight is 405 g/mol. The van der Waals surface area contributed by atoms with Gasteiger partial charge < -0.3 is 11.1 Å². The molecule has 2 amide bonds. The van der Waals surface area contributed by atoms with Gasteiger partial charge in [-0.15, -0.1) is 0 Å². The number of para-hydroxylation sites is 1. The van der Waals surface area contributed by atoms with Crippen molar-refractivity contribution in [2.24, 2.45) is 11.7 Å². The fraction of sp³-hybridized carbons (Fsp3) is 0.333. The van der Waals surface area contributed by atoms with Crippen molar-refractivity contribution < 1.29 is 22.8 Å². The number of primary amides is 1. The van der Waals surface area contributed by atoms with Crippen LogP contribution in [0.1, 0.15) is 34.3 Å². The highest BCUT2D eigenvalue weighted by atomic mass is 19.4. The zero-order chi connectivity index (χ0) is 21.0. The molecule has 2 aromatic rings. The van der Waals surface area contributed by atoms with Crippen LogP contribution < -0.4 is 11.1 Å². The number of halogens is 3. The van der Waals surface area contributed by atoms with E-state index >= 15 is 0 Å². The number of benzene rings is 2. The van der Waals surface area contributed by atoms with E-state index in [0.717, 1.165) is 37.1 Å². The van der Waals surface area contributed by atoms with Crippen molar-refractivity contribution in [3.63, 3.8) is 0 Å². The second-order valence-electron chi connectivity index (χ2n) is 7.17. The first-order valence-corrected chi connectivity index (χ1v) is 9.32. The van der Waals surface area contributed by atoms with E-state index in [1.54, 1.807) is 12.1 Å². The third-order valence-electron chi connectivity index (χ3n) is 5.02. The Labute approximate surface area is 166 Å². The quantitative estimate of drug-likeness (QED) is 0.797. The lowest BCUT2D eigenvalue weighted by Crippen LogP contribution is -2.40. The van der Waals surface area contributed by atoms with E-state index in [9.17, 15) is 22.8 Å². The minimum absolute atomic E-state index is 0.0682. The first-order chi connectivity index (χ1) is 13.7. The van der Waals surface area contributed by atoms with Gasteiger partial charge >= 0.3 is 6.18 Å². The van der Waals surface area contributed by atoms with E-state index in [2.05, 4.69) is 10.2 Å². The fourth-order valence-electron chi connectivity index (χ4n) is 3.48. The molecule has 154 valence electrons. The maximum atomic E-state index is 12.9. The summed E-state index contributed by atoms with van der Waals surface area (Å²) in [6, 6.07) is 11.4. The molecule has 0 saturated carbocycles. The molecule has 1 unspecified atom stereocenters. The first-order valence-electron chi connectivity index (χ1n) is 9.32. The van der Waals surface area contributed by atoms with Gasteiger partial charge in [0.25, 0.3) is 5.91 Å². The Morgan fingerprint density at radius 3 is 2.62 bits per heavy atom. The van der Waals surface area contributed by atoms with Gasteiger partial charge in [0.05, 0.1) is 11.5 Å². The number of hydrogen-bond donors (Lipinski definition) is 2. The summed E-state index contributed by atoms with van der Waals surface area (Å²) in [7, 11) is 0. The molecule has 5 nitrogen and oxygen atoms in total. The molecule has 1 heterocycles. The monoisotopic (exact) mass is 405 g/mol. The molecule has 3 N–H and O–H groups in total. The molecule has 2 aromatic carbocycles. The molecule has 0 spiro atoms. The Balaban J connectivity index is 1.74. The topological polar surface area (TPSA) is 75.4 Å². The van der Waals surface area contributed by atoms with Crippen molar-refractivity contribution in [2.45, 2.75) is 25.6 Å². The Morgan fingerprint density at radius 2 is 1.90 bits per heavy atom. The van der Waals surface area contributed by atoms with E-state index in [4.69, 9.17) is 5.73 Å². The van der Waals surface area contributed by atoms with Crippen LogP contribution in [0.3, 0.4) is 0 Å². The third-order valence-corrected chi connectivity index (χ3v) is 5.02. The van der Waals surface area contributed by atoms with E-state index in [-0.39, 0.29) is 17.4 Å². The van der Waals surface area contributed by atoms with Crippen LogP contribution in [-0.4, -0.2) is 29.8 Å². The number of amides is 2. The van der Waals surface area contributed by atoms with E-state index in [1.165, 1.54) is 12.1 Å². The minimum Gasteiger partial charge on any atom is -0.369 e. The molecule has 0 aliphatic carbocycles. The number of anilines is 1. The van der Waals surface area contributed by atoms with E-state index < -0.39 is 17.6 Å². The number of piperidine rings is 1. The van der Waals surface area contributed by atoms with Crippen molar-refractivity contribution >= 4 is 17.5 Å². The molecule has 1 aliphatic heterocycles. The fourth-order valence-corrected chi connectivity index (χ4v) is 3.48. The van der Waals surface area contributed by atoms with Crippen LogP contribution in [0.5, 0.6) is 0 Å². The molecule has 0 bridgehead atoms. The predicted molar refractivity (Wildman–Crippen MR) is 103 cm³/mol. The first kappa shape index (κ1) is 20.9. The van der Waals surface area contributed by atoms with Crippen LogP contribution >= 0.6 is 0 Å². The SMILES string of the molecule is NC(=O)C1CCCN(Cc2ccccc2NC(=O)c2cccc(C(F)(F)F)c2)C1. The Hall–Kier alpha value is -2.87. The smallest absolute Gasteiger partial charge is 0.369 e. The summed E-state index contributed by atoms with van der Waals surface area (Å²) in [5.41, 5.74) is 5.83. The Kier molecular flexibility index (Phi) is 6.22. The van der Waals surface area contributed by atoms with Crippen molar-refractivity contribution in [1.29, 1.82) is 0 Å². The van der Waals surface area contributed by atoms with Gasteiger partial charge in [0.1, 0.15) is 0 Å². The summed E-state index contributed by atoms with van der Waals surface area (Å²) in [5, 5.41) is 2.70.